The molecule has 3 rings (SSSR count). The van der Waals surface area contributed by atoms with Crippen molar-refractivity contribution in [2.45, 2.75) is 0 Å². The van der Waals surface area contributed by atoms with Crippen LogP contribution in [0.15, 0.2) is 18.0 Å². The van der Waals surface area contributed by atoms with E-state index in [9.17, 15) is 9.59 Å². The molecule has 23 heavy (non-hydrogen) atoms. The Morgan fingerprint density at radius 3 is 2.70 bits per heavy atom. The summed E-state index contributed by atoms with van der Waals surface area (Å²) in [4.78, 5) is 32.1. The maximum absolute atomic E-state index is 12.4. The number of aromatic nitrogens is 4. The van der Waals surface area contributed by atoms with Crippen LogP contribution in [0.1, 0.15) is 10.5 Å². The largest absolute Gasteiger partial charge is 0.335 e. The summed E-state index contributed by atoms with van der Waals surface area (Å²) in [7, 11) is 1.80. The predicted molar refractivity (Wildman–Crippen MR) is 84.1 cm³/mol. The van der Waals surface area contributed by atoms with Crippen molar-refractivity contribution in [1.29, 1.82) is 0 Å². The summed E-state index contributed by atoms with van der Waals surface area (Å²) in [5, 5.41) is 10.7. The summed E-state index contributed by atoms with van der Waals surface area (Å²) in [6.45, 7) is 2.79. The molecule has 10 heteroatoms. The molecular formula is C13H17N7O2S. The van der Waals surface area contributed by atoms with E-state index in [2.05, 4.69) is 20.5 Å². The highest BCUT2D eigenvalue weighted by molar-refractivity contribution is 7.13. The fourth-order valence-corrected chi connectivity index (χ4v) is 2.88. The Balaban J connectivity index is 1.48. The first-order chi connectivity index (χ1) is 11.1. The maximum Gasteiger partial charge on any atom is 0.272 e. The molecule has 0 spiro atoms. The first-order valence-corrected chi connectivity index (χ1v) is 8.05. The predicted octanol–water partition coefficient (Wildman–Crippen LogP) is -0.332. The Bertz CT molecular complexity index is 676. The van der Waals surface area contributed by atoms with Gasteiger partial charge >= 0.3 is 0 Å². The van der Waals surface area contributed by atoms with E-state index < -0.39 is 0 Å². The van der Waals surface area contributed by atoms with Crippen molar-refractivity contribution in [2.24, 2.45) is 7.05 Å². The number of hydrogen-bond donors (Lipinski definition) is 1. The second-order valence-electron chi connectivity index (χ2n) is 5.25. The van der Waals surface area contributed by atoms with Gasteiger partial charge in [0.25, 0.3) is 5.91 Å². The Labute approximate surface area is 136 Å². The number of rotatable bonds is 4. The molecule has 9 nitrogen and oxygen atoms in total. The van der Waals surface area contributed by atoms with Crippen molar-refractivity contribution in [3.63, 3.8) is 0 Å². The van der Waals surface area contributed by atoms with Crippen LogP contribution in [0.2, 0.25) is 0 Å². The fraction of sp³-hybridized carbons (Fsp3) is 0.462. The van der Waals surface area contributed by atoms with Crippen LogP contribution >= 0.6 is 11.3 Å². The number of hydrogen-bond acceptors (Lipinski definition) is 7. The minimum atomic E-state index is -0.117. The van der Waals surface area contributed by atoms with E-state index in [4.69, 9.17) is 0 Å². The van der Waals surface area contributed by atoms with Gasteiger partial charge in [0.1, 0.15) is 11.2 Å². The van der Waals surface area contributed by atoms with Crippen molar-refractivity contribution in [1.82, 2.24) is 29.5 Å². The number of nitrogens with zero attached hydrogens (tertiary/aromatic N) is 6. The van der Waals surface area contributed by atoms with E-state index in [1.54, 1.807) is 34.5 Å². The van der Waals surface area contributed by atoms with Crippen LogP contribution in [0.4, 0.5) is 5.13 Å². The smallest absolute Gasteiger partial charge is 0.272 e. The molecule has 0 saturated carbocycles. The summed E-state index contributed by atoms with van der Waals surface area (Å²) in [5.41, 5.74) is 2.14. The number of piperazine rings is 1. The van der Waals surface area contributed by atoms with Gasteiger partial charge in [-0.25, -0.2) is 4.98 Å². The van der Waals surface area contributed by atoms with Crippen LogP contribution < -0.4 is 5.32 Å². The van der Waals surface area contributed by atoms with Crippen LogP contribution in [0, 0.1) is 0 Å². The third kappa shape index (κ3) is 3.71. The third-order valence-electron chi connectivity index (χ3n) is 3.67. The Kier molecular flexibility index (Phi) is 4.63. The lowest BCUT2D eigenvalue weighted by atomic mass is 10.2. The maximum atomic E-state index is 12.4. The van der Waals surface area contributed by atoms with Gasteiger partial charge in [-0.15, -0.1) is 10.2 Å². The van der Waals surface area contributed by atoms with Gasteiger partial charge in [0.2, 0.25) is 11.0 Å². The highest BCUT2D eigenvalue weighted by Crippen LogP contribution is 2.10. The van der Waals surface area contributed by atoms with Gasteiger partial charge in [-0.05, 0) is 0 Å². The zero-order valence-electron chi connectivity index (χ0n) is 12.7. The topological polar surface area (TPSA) is 96.2 Å². The zero-order valence-corrected chi connectivity index (χ0v) is 13.5. The first-order valence-electron chi connectivity index (χ1n) is 7.17. The first kappa shape index (κ1) is 15.6. The van der Waals surface area contributed by atoms with Crippen LogP contribution in [0.25, 0.3) is 0 Å². The van der Waals surface area contributed by atoms with Crippen LogP contribution in [-0.4, -0.2) is 74.1 Å². The average molecular weight is 335 g/mol. The number of carbonyl (C=O) groups excluding carboxylic acids is 2. The summed E-state index contributed by atoms with van der Waals surface area (Å²) < 4.78 is 1.71. The Hall–Kier alpha value is -2.33. The highest BCUT2D eigenvalue weighted by Gasteiger charge is 2.24. The minimum absolute atomic E-state index is 0.0250. The standard InChI is InChI=1S/C13H17N7O2S/c1-18-8-14-6-10(18)12(22)20-4-2-19(3-5-20)7-11(21)16-13-17-15-9-23-13/h6,8-9H,2-5,7H2,1H3,(H,16,17,21). The van der Waals surface area contributed by atoms with E-state index in [0.717, 1.165) is 0 Å². The highest BCUT2D eigenvalue weighted by atomic mass is 32.1. The number of nitrogens with one attached hydrogen (secondary N) is 1. The lowest BCUT2D eigenvalue weighted by Gasteiger charge is -2.34. The number of aryl methyl sites for hydroxylation is 1. The molecule has 0 atom stereocenters. The summed E-state index contributed by atoms with van der Waals surface area (Å²) in [6.07, 6.45) is 3.19. The molecule has 0 radical (unpaired) electrons. The van der Waals surface area contributed by atoms with Crippen molar-refractivity contribution in [2.75, 3.05) is 38.0 Å². The number of carbonyl (C=O) groups is 2. The Morgan fingerprint density at radius 2 is 2.09 bits per heavy atom. The van der Waals surface area contributed by atoms with Crippen LogP contribution in [0.5, 0.6) is 0 Å². The van der Waals surface area contributed by atoms with Crippen LogP contribution in [-0.2, 0) is 11.8 Å². The molecule has 3 heterocycles. The van der Waals surface area contributed by atoms with Gasteiger partial charge in [-0.1, -0.05) is 11.3 Å². The molecule has 1 aliphatic heterocycles. The molecule has 0 aromatic carbocycles. The molecule has 122 valence electrons. The minimum Gasteiger partial charge on any atom is -0.335 e. The van der Waals surface area contributed by atoms with E-state index in [-0.39, 0.29) is 18.4 Å². The van der Waals surface area contributed by atoms with Gasteiger partial charge in [0, 0.05) is 33.2 Å². The van der Waals surface area contributed by atoms with Crippen molar-refractivity contribution >= 4 is 28.3 Å². The molecule has 0 unspecified atom stereocenters. The van der Waals surface area contributed by atoms with Crippen molar-refractivity contribution in [3.05, 3.63) is 23.7 Å². The molecule has 1 fully saturated rings. The second kappa shape index (κ2) is 6.84. The van der Waals surface area contributed by atoms with Gasteiger partial charge in [-0.3, -0.25) is 19.8 Å². The number of anilines is 1. The van der Waals surface area contributed by atoms with Crippen molar-refractivity contribution in [3.8, 4) is 0 Å². The molecule has 1 saturated heterocycles. The number of amides is 2. The van der Waals surface area contributed by atoms with Gasteiger partial charge in [0.05, 0.1) is 19.1 Å². The fourth-order valence-electron chi connectivity index (χ4n) is 2.42. The van der Waals surface area contributed by atoms with E-state index >= 15 is 0 Å². The molecule has 2 aromatic heterocycles. The average Bonchev–Trinajstić information content (AvgIpc) is 3.19. The van der Waals surface area contributed by atoms with Gasteiger partial charge < -0.3 is 9.47 Å². The van der Waals surface area contributed by atoms with Gasteiger partial charge in [-0.2, -0.15) is 0 Å². The molecule has 2 amide bonds. The third-order valence-corrected chi connectivity index (χ3v) is 4.28. The Morgan fingerprint density at radius 1 is 1.30 bits per heavy atom. The zero-order chi connectivity index (χ0) is 16.2. The summed E-state index contributed by atoms with van der Waals surface area (Å²) in [5.74, 6) is -0.142. The molecule has 0 aliphatic carbocycles. The molecule has 1 aliphatic rings. The summed E-state index contributed by atoms with van der Waals surface area (Å²) in [6, 6.07) is 0. The van der Waals surface area contributed by atoms with E-state index in [0.29, 0.717) is 37.0 Å². The molecule has 1 N–H and O–H groups in total. The van der Waals surface area contributed by atoms with Gasteiger partial charge in [0.15, 0.2) is 0 Å². The number of imidazole rings is 1. The monoisotopic (exact) mass is 335 g/mol. The van der Waals surface area contributed by atoms with Crippen molar-refractivity contribution < 1.29 is 9.59 Å². The quantitative estimate of drug-likeness (QED) is 0.822. The normalized spacial score (nSPS) is 15.6. The molecule has 2 aromatic rings. The SMILES string of the molecule is Cn1cncc1C(=O)N1CCN(CC(=O)Nc2nncs2)CC1. The lowest BCUT2D eigenvalue weighted by Crippen LogP contribution is -2.50. The van der Waals surface area contributed by atoms with Crippen LogP contribution in [0.3, 0.4) is 0 Å². The lowest BCUT2D eigenvalue weighted by molar-refractivity contribution is -0.117. The summed E-state index contributed by atoms with van der Waals surface area (Å²) >= 11 is 1.28. The van der Waals surface area contributed by atoms with E-state index in [1.165, 1.54) is 11.3 Å². The van der Waals surface area contributed by atoms with E-state index in [1.807, 2.05) is 4.90 Å². The molecular weight excluding hydrogens is 318 g/mol. The molecule has 0 bridgehead atoms. The second-order valence-corrected chi connectivity index (χ2v) is 6.08.